The third-order valence-corrected chi connectivity index (χ3v) is 5.23. The maximum Gasteiger partial charge on any atom is 0.244 e. The van der Waals surface area contributed by atoms with Gasteiger partial charge in [0.25, 0.3) is 0 Å². The molecule has 0 aliphatic rings. The van der Waals surface area contributed by atoms with Crippen LogP contribution in [0.25, 0.3) is 0 Å². The number of imidazole rings is 1. The third-order valence-electron chi connectivity index (χ3n) is 3.46. The lowest BCUT2D eigenvalue weighted by molar-refractivity contribution is 0.271. The Morgan fingerprint density at radius 2 is 2.14 bits per heavy atom. The molecule has 7 nitrogen and oxygen atoms in total. The topological polar surface area (TPSA) is 80.4 Å². The van der Waals surface area contributed by atoms with E-state index in [0.717, 1.165) is 0 Å². The van der Waals surface area contributed by atoms with Crippen molar-refractivity contribution in [1.82, 2.24) is 18.4 Å². The summed E-state index contributed by atoms with van der Waals surface area (Å²) in [5, 5.41) is 9.27. The van der Waals surface area contributed by atoms with E-state index in [9.17, 15) is 13.5 Å². The van der Waals surface area contributed by atoms with Gasteiger partial charge in [-0.2, -0.15) is 4.31 Å². The summed E-state index contributed by atoms with van der Waals surface area (Å²) in [5.74, 6) is 0.665. The number of aliphatic hydroxyl groups excluding tert-OH is 1. The van der Waals surface area contributed by atoms with Crippen LogP contribution in [0.5, 0.6) is 0 Å². The van der Waals surface area contributed by atoms with E-state index in [1.807, 2.05) is 14.0 Å². The SMILES string of the molecule is CCn1cc(S(=O)(=O)N(C)Cc2nccn2C)cc1CO. The quantitative estimate of drug-likeness (QED) is 0.845. The summed E-state index contributed by atoms with van der Waals surface area (Å²) in [5.41, 5.74) is 0.585. The van der Waals surface area contributed by atoms with Crippen molar-refractivity contribution in [3.63, 3.8) is 0 Å². The number of aromatic nitrogens is 3. The third kappa shape index (κ3) is 3.02. The maximum absolute atomic E-state index is 12.6. The zero-order chi connectivity index (χ0) is 15.6. The Balaban J connectivity index is 2.28. The first-order valence-electron chi connectivity index (χ1n) is 6.62. The molecule has 116 valence electrons. The minimum Gasteiger partial charge on any atom is -0.390 e. The molecule has 2 heterocycles. The van der Waals surface area contributed by atoms with E-state index in [-0.39, 0.29) is 18.0 Å². The Hall–Kier alpha value is -1.64. The molecule has 21 heavy (non-hydrogen) atoms. The van der Waals surface area contributed by atoms with Crippen LogP contribution < -0.4 is 0 Å². The summed E-state index contributed by atoms with van der Waals surface area (Å²) in [7, 11) is -0.266. The van der Waals surface area contributed by atoms with Crippen LogP contribution in [0.4, 0.5) is 0 Å². The van der Waals surface area contributed by atoms with Crippen molar-refractivity contribution in [1.29, 1.82) is 0 Å². The van der Waals surface area contributed by atoms with E-state index < -0.39 is 10.0 Å². The van der Waals surface area contributed by atoms with Crippen LogP contribution in [0, 0.1) is 0 Å². The van der Waals surface area contributed by atoms with E-state index in [1.54, 1.807) is 27.7 Å². The van der Waals surface area contributed by atoms with Gasteiger partial charge in [0.2, 0.25) is 10.0 Å². The van der Waals surface area contributed by atoms with Crippen LogP contribution >= 0.6 is 0 Å². The molecule has 0 fully saturated rings. The second-order valence-electron chi connectivity index (χ2n) is 4.83. The molecule has 0 atom stereocenters. The lowest BCUT2D eigenvalue weighted by atomic mass is 10.4. The van der Waals surface area contributed by atoms with Crippen LogP contribution in [0.3, 0.4) is 0 Å². The molecule has 0 unspecified atom stereocenters. The molecule has 0 aromatic carbocycles. The zero-order valence-corrected chi connectivity index (χ0v) is 13.2. The van der Waals surface area contributed by atoms with Gasteiger partial charge in [-0.25, -0.2) is 13.4 Å². The highest BCUT2D eigenvalue weighted by Crippen LogP contribution is 2.19. The molecule has 0 spiro atoms. The Morgan fingerprint density at radius 3 is 2.62 bits per heavy atom. The molecule has 0 saturated carbocycles. The van der Waals surface area contributed by atoms with Crippen LogP contribution in [0.15, 0.2) is 29.6 Å². The Kier molecular flexibility index (Phi) is 4.50. The summed E-state index contributed by atoms with van der Waals surface area (Å²) in [6.07, 6.45) is 4.95. The summed E-state index contributed by atoms with van der Waals surface area (Å²) in [6, 6.07) is 1.51. The fourth-order valence-electron chi connectivity index (χ4n) is 2.11. The van der Waals surface area contributed by atoms with Gasteiger partial charge in [-0.1, -0.05) is 0 Å². The van der Waals surface area contributed by atoms with Gasteiger partial charge in [0.1, 0.15) is 10.7 Å². The summed E-state index contributed by atoms with van der Waals surface area (Å²) >= 11 is 0. The second kappa shape index (κ2) is 6.00. The largest absolute Gasteiger partial charge is 0.390 e. The molecule has 0 saturated heterocycles. The lowest BCUT2D eigenvalue weighted by Gasteiger charge is -2.15. The number of rotatable bonds is 6. The molecule has 8 heteroatoms. The van der Waals surface area contributed by atoms with Crippen LogP contribution in [0.1, 0.15) is 18.4 Å². The minimum absolute atomic E-state index is 0.185. The Morgan fingerprint density at radius 1 is 1.43 bits per heavy atom. The highest BCUT2D eigenvalue weighted by atomic mass is 32.2. The maximum atomic E-state index is 12.6. The summed E-state index contributed by atoms with van der Waals surface area (Å²) in [4.78, 5) is 4.31. The molecule has 2 aromatic rings. The first kappa shape index (κ1) is 15.7. The van der Waals surface area contributed by atoms with E-state index in [2.05, 4.69) is 4.98 Å². The van der Waals surface area contributed by atoms with Crippen molar-refractivity contribution >= 4 is 10.0 Å². The molecule has 0 bridgehead atoms. The molecule has 2 rings (SSSR count). The predicted octanol–water partition coefficient (Wildman–Crippen LogP) is 0.554. The fourth-order valence-corrected chi connectivity index (χ4v) is 3.30. The van der Waals surface area contributed by atoms with Gasteiger partial charge in [0.15, 0.2) is 0 Å². The fraction of sp³-hybridized carbons (Fsp3) is 0.462. The monoisotopic (exact) mass is 312 g/mol. The zero-order valence-electron chi connectivity index (χ0n) is 12.4. The number of aliphatic hydroxyl groups is 1. The van der Waals surface area contributed by atoms with Crippen LogP contribution in [-0.2, 0) is 36.8 Å². The minimum atomic E-state index is -3.61. The Labute approximate surface area is 124 Å². The molecular formula is C13H20N4O3S. The molecule has 1 N–H and O–H groups in total. The first-order chi connectivity index (χ1) is 9.90. The van der Waals surface area contributed by atoms with E-state index in [4.69, 9.17) is 0 Å². The van der Waals surface area contributed by atoms with Gasteiger partial charge in [0.05, 0.1) is 13.2 Å². The normalized spacial score (nSPS) is 12.2. The number of aryl methyl sites for hydroxylation is 2. The highest BCUT2D eigenvalue weighted by Gasteiger charge is 2.24. The summed E-state index contributed by atoms with van der Waals surface area (Å²) in [6.45, 7) is 2.51. The van der Waals surface area contributed by atoms with Gasteiger partial charge >= 0.3 is 0 Å². The van der Waals surface area contributed by atoms with Gasteiger partial charge in [0, 0.05) is 44.9 Å². The van der Waals surface area contributed by atoms with E-state index in [0.29, 0.717) is 18.1 Å². The average molecular weight is 312 g/mol. The number of hydrogen-bond acceptors (Lipinski definition) is 4. The second-order valence-corrected chi connectivity index (χ2v) is 6.87. The van der Waals surface area contributed by atoms with Gasteiger partial charge in [-0.05, 0) is 13.0 Å². The van der Waals surface area contributed by atoms with Gasteiger partial charge in [-0.15, -0.1) is 0 Å². The number of nitrogens with zero attached hydrogens (tertiary/aromatic N) is 4. The van der Waals surface area contributed by atoms with Crippen LogP contribution in [-0.4, -0.2) is 39.0 Å². The first-order valence-corrected chi connectivity index (χ1v) is 8.06. The van der Waals surface area contributed by atoms with Crippen molar-refractivity contribution in [2.45, 2.75) is 31.5 Å². The van der Waals surface area contributed by atoms with Crippen molar-refractivity contribution in [2.75, 3.05) is 7.05 Å². The number of hydrogen-bond donors (Lipinski definition) is 1. The van der Waals surface area contributed by atoms with Crippen molar-refractivity contribution < 1.29 is 13.5 Å². The highest BCUT2D eigenvalue weighted by molar-refractivity contribution is 7.89. The van der Waals surface area contributed by atoms with E-state index >= 15 is 0 Å². The van der Waals surface area contributed by atoms with Crippen molar-refractivity contribution in [2.24, 2.45) is 7.05 Å². The molecule has 2 aromatic heterocycles. The smallest absolute Gasteiger partial charge is 0.244 e. The Bertz CT molecular complexity index is 696. The van der Waals surface area contributed by atoms with Crippen molar-refractivity contribution in [3.8, 4) is 0 Å². The molecular weight excluding hydrogens is 292 g/mol. The number of sulfonamides is 1. The van der Waals surface area contributed by atoms with Crippen molar-refractivity contribution in [3.05, 3.63) is 36.2 Å². The average Bonchev–Trinajstić information content (AvgIpc) is 3.05. The van der Waals surface area contributed by atoms with Crippen LogP contribution in [0.2, 0.25) is 0 Å². The van der Waals surface area contributed by atoms with E-state index in [1.165, 1.54) is 17.4 Å². The lowest BCUT2D eigenvalue weighted by Crippen LogP contribution is -2.27. The predicted molar refractivity (Wildman–Crippen MR) is 77.9 cm³/mol. The molecule has 0 amide bonds. The standard InChI is InChI=1S/C13H20N4O3S/c1-4-17-8-12(7-11(17)10-18)21(19,20)16(3)9-13-14-5-6-15(13)2/h5-8,18H,4,9-10H2,1-3H3. The van der Waals surface area contributed by atoms with Gasteiger partial charge in [-0.3, -0.25) is 0 Å². The molecule has 0 radical (unpaired) electrons. The molecule has 0 aliphatic heterocycles. The van der Waals surface area contributed by atoms with Gasteiger partial charge < -0.3 is 14.2 Å². The molecule has 0 aliphatic carbocycles. The summed E-state index contributed by atoms with van der Waals surface area (Å²) < 4.78 is 29.9.